The molecule has 0 radical (unpaired) electrons. The van der Waals surface area contributed by atoms with Gasteiger partial charge in [0, 0.05) is 25.2 Å². The number of hydrogen-bond acceptors (Lipinski definition) is 2. The SMILES string of the molecule is Cn1c(-c2ccccc2-c2nc3ccccc3n2C)nc2ccccc21. The number of aryl methyl sites for hydroxylation is 2. The number of benzene rings is 3. The number of aromatic nitrogens is 4. The smallest absolute Gasteiger partial charge is 0.141 e. The van der Waals surface area contributed by atoms with Gasteiger partial charge in [-0.1, -0.05) is 48.5 Å². The molecule has 5 rings (SSSR count). The van der Waals surface area contributed by atoms with E-state index in [1.54, 1.807) is 0 Å². The quantitative estimate of drug-likeness (QED) is 0.464. The Kier molecular flexibility index (Phi) is 3.19. The van der Waals surface area contributed by atoms with Gasteiger partial charge in [-0.2, -0.15) is 0 Å². The number of hydrogen-bond donors (Lipinski definition) is 0. The van der Waals surface area contributed by atoms with Crippen LogP contribution >= 0.6 is 0 Å². The maximum atomic E-state index is 4.88. The number of nitrogens with zero attached hydrogens (tertiary/aromatic N) is 4. The molecule has 5 aromatic rings. The van der Waals surface area contributed by atoms with Crippen molar-refractivity contribution in [3.8, 4) is 22.8 Å². The summed E-state index contributed by atoms with van der Waals surface area (Å²) in [6.07, 6.45) is 0. The molecule has 0 spiro atoms. The van der Waals surface area contributed by atoms with Crippen LogP contribution in [0, 0.1) is 0 Å². The first-order chi connectivity index (χ1) is 12.7. The van der Waals surface area contributed by atoms with Gasteiger partial charge < -0.3 is 9.13 Å². The normalized spacial score (nSPS) is 11.5. The van der Waals surface area contributed by atoms with Crippen molar-refractivity contribution in [1.29, 1.82) is 0 Å². The molecular weight excluding hydrogens is 320 g/mol. The fourth-order valence-electron chi connectivity index (χ4n) is 3.65. The van der Waals surface area contributed by atoms with E-state index in [1.807, 2.05) is 24.3 Å². The van der Waals surface area contributed by atoms with Gasteiger partial charge in [-0.3, -0.25) is 0 Å². The van der Waals surface area contributed by atoms with Crippen LogP contribution in [0.1, 0.15) is 0 Å². The zero-order valence-electron chi connectivity index (χ0n) is 14.7. The Morgan fingerprint density at radius 2 is 0.923 bits per heavy atom. The van der Waals surface area contributed by atoms with Gasteiger partial charge in [-0.15, -0.1) is 0 Å². The maximum Gasteiger partial charge on any atom is 0.141 e. The molecule has 4 nitrogen and oxygen atoms in total. The highest BCUT2D eigenvalue weighted by Gasteiger charge is 2.17. The number of imidazole rings is 2. The van der Waals surface area contributed by atoms with Crippen molar-refractivity contribution in [3.05, 3.63) is 72.8 Å². The summed E-state index contributed by atoms with van der Waals surface area (Å²) in [5.74, 6) is 1.91. The lowest BCUT2D eigenvalue weighted by Gasteiger charge is -2.10. The Hall–Kier alpha value is -3.40. The molecule has 0 aliphatic heterocycles. The van der Waals surface area contributed by atoms with Crippen LogP contribution in [0.4, 0.5) is 0 Å². The monoisotopic (exact) mass is 338 g/mol. The summed E-state index contributed by atoms with van der Waals surface area (Å²) in [4.78, 5) is 9.76. The van der Waals surface area contributed by atoms with Gasteiger partial charge in [0.05, 0.1) is 22.1 Å². The molecule has 0 N–H and O–H groups in total. The molecule has 0 aliphatic carbocycles. The molecule has 0 amide bonds. The third-order valence-corrected chi connectivity index (χ3v) is 4.98. The number of para-hydroxylation sites is 4. The minimum atomic E-state index is 0.953. The molecule has 26 heavy (non-hydrogen) atoms. The third-order valence-electron chi connectivity index (χ3n) is 4.98. The maximum absolute atomic E-state index is 4.88. The molecule has 0 atom stereocenters. The van der Waals surface area contributed by atoms with Gasteiger partial charge in [0.2, 0.25) is 0 Å². The van der Waals surface area contributed by atoms with Crippen molar-refractivity contribution in [3.63, 3.8) is 0 Å². The Balaban J connectivity index is 1.79. The largest absolute Gasteiger partial charge is 0.327 e. The van der Waals surface area contributed by atoms with E-state index in [9.17, 15) is 0 Å². The second-order valence-electron chi connectivity index (χ2n) is 6.51. The lowest BCUT2D eigenvalue weighted by atomic mass is 10.1. The minimum absolute atomic E-state index is 0.953. The van der Waals surface area contributed by atoms with E-state index < -0.39 is 0 Å². The van der Waals surface area contributed by atoms with E-state index in [0.29, 0.717) is 0 Å². The highest BCUT2D eigenvalue weighted by Crippen LogP contribution is 2.33. The molecule has 0 fully saturated rings. The van der Waals surface area contributed by atoms with Gasteiger partial charge >= 0.3 is 0 Å². The molecule has 0 saturated carbocycles. The zero-order chi connectivity index (χ0) is 17.7. The zero-order valence-corrected chi connectivity index (χ0v) is 14.7. The van der Waals surface area contributed by atoms with E-state index in [1.165, 1.54) is 0 Å². The summed E-state index contributed by atoms with van der Waals surface area (Å²) in [6, 6.07) is 24.8. The molecule has 3 aromatic carbocycles. The molecule has 0 bridgehead atoms. The lowest BCUT2D eigenvalue weighted by Crippen LogP contribution is -1.98. The summed E-state index contributed by atoms with van der Waals surface area (Å²) < 4.78 is 4.30. The topological polar surface area (TPSA) is 35.6 Å². The molecule has 4 heteroatoms. The molecule has 126 valence electrons. The lowest BCUT2D eigenvalue weighted by molar-refractivity contribution is 0.948. The highest BCUT2D eigenvalue weighted by molar-refractivity contribution is 5.88. The first-order valence-corrected chi connectivity index (χ1v) is 8.67. The minimum Gasteiger partial charge on any atom is -0.327 e. The van der Waals surface area contributed by atoms with E-state index >= 15 is 0 Å². The molecule has 2 aromatic heterocycles. The van der Waals surface area contributed by atoms with E-state index in [0.717, 1.165) is 44.8 Å². The van der Waals surface area contributed by atoms with Crippen molar-refractivity contribution < 1.29 is 0 Å². The van der Waals surface area contributed by atoms with E-state index in [2.05, 4.69) is 71.8 Å². The summed E-state index contributed by atoms with van der Waals surface area (Å²) in [5, 5.41) is 0. The predicted molar refractivity (Wildman–Crippen MR) is 106 cm³/mol. The Morgan fingerprint density at radius 1 is 0.538 bits per heavy atom. The number of rotatable bonds is 2. The molecule has 0 unspecified atom stereocenters. The average Bonchev–Trinajstić information content (AvgIpc) is 3.20. The van der Waals surface area contributed by atoms with Gasteiger partial charge in [0.15, 0.2) is 0 Å². The van der Waals surface area contributed by atoms with Crippen LogP contribution in [0.15, 0.2) is 72.8 Å². The predicted octanol–water partition coefficient (Wildman–Crippen LogP) is 4.79. The van der Waals surface area contributed by atoms with Crippen LogP contribution in [0.2, 0.25) is 0 Å². The van der Waals surface area contributed by atoms with Gasteiger partial charge in [0.1, 0.15) is 11.6 Å². The Bertz CT molecular complexity index is 1160. The van der Waals surface area contributed by atoms with Crippen molar-refractivity contribution in [2.24, 2.45) is 14.1 Å². The van der Waals surface area contributed by atoms with E-state index in [-0.39, 0.29) is 0 Å². The van der Waals surface area contributed by atoms with Gasteiger partial charge in [-0.25, -0.2) is 9.97 Å². The average molecular weight is 338 g/mol. The second kappa shape index (κ2) is 5.56. The van der Waals surface area contributed by atoms with Crippen molar-refractivity contribution >= 4 is 22.1 Å². The van der Waals surface area contributed by atoms with Crippen LogP contribution in [-0.2, 0) is 14.1 Å². The first kappa shape index (κ1) is 14.9. The van der Waals surface area contributed by atoms with Crippen LogP contribution in [0.5, 0.6) is 0 Å². The van der Waals surface area contributed by atoms with Crippen LogP contribution in [-0.4, -0.2) is 19.1 Å². The molecular formula is C22H18N4. The third kappa shape index (κ3) is 2.09. The van der Waals surface area contributed by atoms with Crippen LogP contribution < -0.4 is 0 Å². The highest BCUT2D eigenvalue weighted by atomic mass is 15.1. The van der Waals surface area contributed by atoms with Crippen molar-refractivity contribution in [2.75, 3.05) is 0 Å². The Morgan fingerprint density at radius 3 is 1.35 bits per heavy atom. The fraction of sp³-hybridized carbons (Fsp3) is 0.0909. The first-order valence-electron chi connectivity index (χ1n) is 8.67. The summed E-state index contributed by atoms with van der Waals surface area (Å²) >= 11 is 0. The fourth-order valence-corrected chi connectivity index (χ4v) is 3.65. The Labute approximate surface area is 151 Å². The standard InChI is InChI=1S/C22H18N4/c1-25-19-13-7-5-11-17(19)23-21(25)15-9-3-4-10-16(15)22-24-18-12-6-8-14-20(18)26(22)2/h3-14H,1-2H3. The van der Waals surface area contributed by atoms with Gasteiger partial charge in [0.25, 0.3) is 0 Å². The molecule has 0 aliphatic rings. The van der Waals surface area contributed by atoms with Crippen molar-refractivity contribution in [2.45, 2.75) is 0 Å². The second-order valence-corrected chi connectivity index (χ2v) is 6.51. The van der Waals surface area contributed by atoms with Crippen LogP contribution in [0.25, 0.3) is 44.8 Å². The molecule has 2 heterocycles. The molecule has 0 saturated heterocycles. The summed E-state index contributed by atoms with van der Waals surface area (Å²) in [6.45, 7) is 0. The van der Waals surface area contributed by atoms with E-state index in [4.69, 9.17) is 9.97 Å². The summed E-state index contributed by atoms with van der Waals surface area (Å²) in [5.41, 5.74) is 6.44. The van der Waals surface area contributed by atoms with Crippen LogP contribution in [0.3, 0.4) is 0 Å². The number of fused-ring (bicyclic) bond motifs is 2. The van der Waals surface area contributed by atoms with Crippen molar-refractivity contribution in [1.82, 2.24) is 19.1 Å². The van der Waals surface area contributed by atoms with Gasteiger partial charge in [-0.05, 0) is 24.3 Å². The summed E-state index contributed by atoms with van der Waals surface area (Å²) in [7, 11) is 4.13.